The van der Waals surface area contributed by atoms with Crippen LogP contribution in [0.25, 0.3) is 0 Å². The molecule has 3 nitrogen and oxygen atoms in total. The SMILES string of the molecule is O=C(C1CCCC(C(F)(F)F)C1)N1CCC(CCO)C1. The number of rotatable bonds is 3. The largest absolute Gasteiger partial charge is 0.396 e. The van der Waals surface area contributed by atoms with Gasteiger partial charge in [-0.1, -0.05) is 6.42 Å². The van der Waals surface area contributed by atoms with E-state index < -0.39 is 18.0 Å². The van der Waals surface area contributed by atoms with Gasteiger partial charge in [0.1, 0.15) is 0 Å². The first kappa shape index (κ1) is 15.6. The molecule has 1 aliphatic heterocycles. The lowest BCUT2D eigenvalue weighted by molar-refractivity contribution is -0.187. The number of alkyl halides is 3. The van der Waals surface area contributed by atoms with Crippen molar-refractivity contribution < 1.29 is 23.1 Å². The maximum Gasteiger partial charge on any atom is 0.391 e. The predicted molar refractivity (Wildman–Crippen MR) is 67.9 cm³/mol. The van der Waals surface area contributed by atoms with Crippen LogP contribution in [0.3, 0.4) is 0 Å². The van der Waals surface area contributed by atoms with Crippen LogP contribution in [-0.2, 0) is 4.79 Å². The Hall–Kier alpha value is -0.780. The van der Waals surface area contributed by atoms with Crippen LogP contribution in [0.1, 0.15) is 38.5 Å². The normalized spacial score (nSPS) is 31.6. The molecule has 2 aliphatic rings. The Kier molecular flexibility index (Phi) is 4.94. The van der Waals surface area contributed by atoms with E-state index in [0.29, 0.717) is 38.3 Å². The van der Waals surface area contributed by atoms with E-state index >= 15 is 0 Å². The lowest BCUT2D eigenvalue weighted by Gasteiger charge is -2.32. The Morgan fingerprint density at radius 3 is 2.65 bits per heavy atom. The molecule has 0 aromatic rings. The number of likely N-dealkylation sites (tertiary alicyclic amines) is 1. The molecule has 2 rings (SSSR count). The molecule has 0 radical (unpaired) electrons. The Morgan fingerprint density at radius 2 is 2.00 bits per heavy atom. The molecule has 1 saturated carbocycles. The number of hydrogen-bond acceptors (Lipinski definition) is 2. The van der Waals surface area contributed by atoms with Crippen molar-refractivity contribution >= 4 is 5.91 Å². The second-order valence-electron chi connectivity index (χ2n) is 6.05. The number of carbonyl (C=O) groups is 1. The summed E-state index contributed by atoms with van der Waals surface area (Å²) in [6.07, 6.45) is -1.50. The van der Waals surface area contributed by atoms with Crippen molar-refractivity contribution in [3.63, 3.8) is 0 Å². The summed E-state index contributed by atoms with van der Waals surface area (Å²) in [4.78, 5) is 14.0. The summed E-state index contributed by atoms with van der Waals surface area (Å²) in [6, 6.07) is 0. The maximum atomic E-state index is 12.8. The number of aliphatic hydroxyl groups excluding tert-OH is 1. The molecule has 6 heteroatoms. The van der Waals surface area contributed by atoms with Crippen molar-refractivity contribution in [2.24, 2.45) is 17.8 Å². The standard InChI is InChI=1S/C14H22F3NO2/c15-14(16,17)12-3-1-2-11(8-12)13(20)18-6-4-10(9-18)5-7-19/h10-12,19H,1-9H2. The third-order valence-corrected chi connectivity index (χ3v) is 4.62. The second-order valence-corrected chi connectivity index (χ2v) is 6.05. The van der Waals surface area contributed by atoms with E-state index in [0.717, 1.165) is 6.42 Å². The zero-order valence-electron chi connectivity index (χ0n) is 11.5. The van der Waals surface area contributed by atoms with E-state index in [-0.39, 0.29) is 25.4 Å². The maximum absolute atomic E-state index is 12.8. The zero-order valence-corrected chi connectivity index (χ0v) is 11.5. The average molecular weight is 293 g/mol. The first-order chi connectivity index (χ1) is 9.41. The minimum atomic E-state index is -4.18. The molecule has 0 bridgehead atoms. The van der Waals surface area contributed by atoms with E-state index in [9.17, 15) is 18.0 Å². The van der Waals surface area contributed by atoms with Gasteiger partial charge in [-0.25, -0.2) is 0 Å². The third kappa shape index (κ3) is 3.65. The summed E-state index contributed by atoms with van der Waals surface area (Å²) >= 11 is 0. The number of amides is 1. The van der Waals surface area contributed by atoms with E-state index in [4.69, 9.17) is 5.11 Å². The van der Waals surface area contributed by atoms with Crippen LogP contribution in [0, 0.1) is 17.8 Å². The van der Waals surface area contributed by atoms with Crippen LogP contribution in [0.4, 0.5) is 13.2 Å². The monoisotopic (exact) mass is 293 g/mol. The highest BCUT2D eigenvalue weighted by Gasteiger charge is 2.44. The van der Waals surface area contributed by atoms with Crippen LogP contribution < -0.4 is 0 Å². The lowest BCUT2D eigenvalue weighted by Crippen LogP contribution is -2.39. The number of hydrogen-bond donors (Lipinski definition) is 1. The summed E-state index contributed by atoms with van der Waals surface area (Å²) in [7, 11) is 0. The van der Waals surface area contributed by atoms with Crippen LogP contribution in [0.15, 0.2) is 0 Å². The number of nitrogens with zero attached hydrogens (tertiary/aromatic N) is 1. The first-order valence-corrected chi connectivity index (χ1v) is 7.38. The van der Waals surface area contributed by atoms with E-state index in [1.807, 2.05) is 0 Å². The van der Waals surface area contributed by atoms with Crippen molar-refractivity contribution in [1.29, 1.82) is 0 Å². The van der Waals surface area contributed by atoms with Crippen molar-refractivity contribution in [3.8, 4) is 0 Å². The smallest absolute Gasteiger partial charge is 0.391 e. The lowest BCUT2D eigenvalue weighted by atomic mass is 9.80. The summed E-state index contributed by atoms with van der Waals surface area (Å²) in [6.45, 7) is 1.32. The van der Waals surface area contributed by atoms with Gasteiger partial charge in [-0.05, 0) is 38.0 Å². The van der Waals surface area contributed by atoms with Gasteiger partial charge in [0.15, 0.2) is 0 Å². The molecule has 20 heavy (non-hydrogen) atoms. The minimum Gasteiger partial charge on any atom is -0.396 e. The molecule has 116 valence electrons. The summed E-state index contributed by atoms with van der Waals surface area (Å²) in [5, 5.41) is 8.90. The van der Waals surface area contributed by atoms with Gasteiger partial charge in [0.25, 0.3) is 0 Å². The molecule has 1 heterocycles. The second kappa shape index (κ2) is 6.33. The van der Waals surface area contributed by atoms with Crippen molar-refractivity contribution in [1.82, 2.24) is 4.90 Å². The summed E-state index contributed by atoms with van der Waals surface area (Å²) in [5.74, 6) is -1.60. The van der Waals surface area contributed by atoms with Crippen LogP contribution in [-0.4, -0.2) is 41.8 Å². The quantitative estimate of drug-likeness (QED) is 0.869. The third-order valence-electron chi connectivity index (χ3n) is 4.62. The highest BCUT2D eigenvalue weighted by Crippen LogP contribution is 2.40. The molecule has 3 unspecified atom stereocenters. The first-order valence-electron chi connectivity index (χ1n) is 7.38. The molecular weight excluding hydrogens is 271 g/mol. The summed E-state index contributed by atoms with van der Waals surface area (Å²) in [5.41, 5.74) is 0. The fraction of sp³-hybridized carbons (Fsp3) is 0.929. The van der Waals surface area contributed by atoms with Gasteiger partial charge in [-0.3, -0.25) is 4.79 Å². The molecule has 1 N–H and O–H groups in total. The topological polar surface area (TPSA) is 40.5 Å². The highest BCUT2D eigenvalue weighted by molar-refractivity contribution is 5.79. The van der Waals surface area contributed by atoms with E-state index in [2.05, 4.69) is 0 Å². The van der Waals surface area contributed by atoms with E-state index in [1.165, 1.54) is 0 Å². The Labute approximate surface area is 117 Å². The predicted octanol–water partition coefficient (Wildman–Crippen LogP) is 2.59. The van der Waals surface area contributed by atoms with Crippen molar-refractivity contribution in [2.75, 3.05) is 19.7 Å². The molecule has 1 amide bonds. The van der Waals surface area contributed by atoms with Gasteiger partial charge in [-0.2, -0.15) is 13.2 Å². The molecule has 0 aromatic carbocycles. The molecule has 0 aromatic heterocycles. The molecule has 1 saturated heterocycles. The zero-order chi connectivity index (χ0) is 14.8. The van der Waals surface area contributed by atoms with Gasteiger partial charge in [0, 0.05) is 25.6 Å². The number of carbonyl (C=O) groups excluding carboxylic acids is 1. The fourth-order valence-electron chi connectivity index (χ4n) is 3.42. The highest BCUT2D eigenvalue weighted by atomic mass is 19.4. The van der Waals surface area contributed by atoms with Gasteiger partial charge < -0.3 is 10.0 Å². The number of halogens is 3. The Morgan fingerprint density at radius 1 is 1.25 bits per heavy atom. The molecule has 1 aliphatic carbocycles. The molecule has 2 fully saturated rings. The molecule has 0 spiro atoms. The van der Waals surface area contributed by atoms with Crippen molar-refractivity contribution in [3.05, 3.63) is 0 Å². The van der Waals surface area contributed by atoms with Gasteiger partial charge >= 0.3 is 6.18 Å². The van der Waals surface area contributed by atoms with Crippen molar-refractivity contribution in [2.45, 2.75) is 44.7 Å². The van der Waals surface area contributed by atoms with E-state index in [1.54, 1.807) is 4.90 Å². The minimum absolute atomic E-state index is 0.0521. The average Bonchev–Trinajstić information content (AvgIpc) is 2.86. The van der Waals surface area contributed by atoms with Gasteiger partial charge in [0.2, 0.25) is 5.91 Å². The molecule has 3 atom stereocenters. The van der Waals surface area contributed by atoms with Crippen LogP contribution in [0.5, 0.6) is 0 Å². The van der Waals surface area contributed by atoms with Crippen LogP contribution in [0.2, 0.25) is 0 Å². The van der Waals surface area contributed by atoms with Gasteiger partial charge in [-0.15, -0.1) is 0 Å². The van der Waals surface area contributed by atoms with Gasteiger partial charge in [0.05, 0.1) is 5.92 Å². The Balaban J connectivity index is 1.89. The van der Waals surface area contributed by atoms with Crippen LogP contribution >= 0.6 is 0 Å². The summed E-state index contributed by atoms with van der Waals surface area (Å²) < 4.78 is 38.3. The number of aliphatic hydroxyl groups is 1. The fourth-order valence-corrected chi connectivity index (χ4v) is 3.42. The Bertz CT molecular complexity index is 346. The molecular formula is C14H22F3NO2.